The fourth-order valence-corrected chi connectivity index (χ4v) is 2.25. The number of pyridine rings is 1. The topological polar surface area (TPSA) is 52.5 Å². The molecule has 4 nitrogen and oxygen atoms in total. The average molecular weight is 253 g/mol. The number of anilines is 1. The Balaban J connectivity index is 2.25. The summed E-state index contributed by atoms with van der Waals surface area (Å²) in [7, 11) is 1.66. The van der Waals surface area contributed by atoms with E-state index in [1.54, 1.807) is 7.11 Å². The number of rotatable bonds is 2. The number of nitrogens with zero attached hydrogens (tertiary/aromatic N) is 2. The zero-order valence-corrected chi connectivity index (χ0v) is 10.9. The molecule has 0 radical (unpaired) electrons. The SMILES string of the molecule is COc1cccc(-c2nc3c(N)cccn3c2C)c1. The molecule has 0 aliphatic carbocycles. The number of methoxy groups -OCH3 is 1. The van der Waals surface area contributed by atoms with Crippen molar-refractivity contribution in [3.8, 4) is 17.0 Å². The van der Waals surface area contributed by atoms with E-state index in [-0.39, 0.29) is 0 Å². The average Bonchev–Trinajstić information content (AvgIpc) is 2.78. The quantitative estimate of drug-likeness (QED) is 0.764. The lowest BCUT2D eigenvalue weighted by molar-refractivity contribution is 0.415. The molecule has 0 fully saturated rings. The van der Waals surface area contributed by atoms with Crippen molar-refractivity contribution >= 4 is 11.3 Å². The Labute approximate surface area is 111 Å². The van der Waals surface area contributed by atoms with Gasteiger partial charge in [-0.05, 0) is 31.2 Å². The predicted octanol–water partition coefficient (Wildman–Crippen LogP) is 2.90. The summed E-state index contributed by atoms with van der Waals surface area (Å²) in [6.45, 7) is 2.04. The third-order valence-electron chi connectivity index (χ3n) is 3.26. The number of hydrogen-bond donors (Lipinski definition) is 1. The molecule has 0 bridgehead atoms. The summed E-state index contributed by atoms with van der Waals surface area (Å²) in [5, 5.41) is 0. The van der Waals surface area contributed by atoms with Crippen LogP contribution in [0, 0.1) is 6.92 Å². The fraction of sp³-hybridized carbons (Fsp3) is 0.133. The van der Waals surface area contributed by atoms with Gasteiger partial charge in [-0.3, -0.25) is 0 Å². The van der Waals surface area contributed by atoms with Crippen LogP contribution in [0.4, 0.5) is 5.69 Å². The molecule has 0 aliphatic heterocycles. The van der Waals surface area contributed by atoms with Gasteiger partial charge in [0.1, 0.15) is 5.75 Å². The zero-order chi connectivity index (χ0) is 13.4. The second kappa shape index (κ2) is 4.31. The summed E-state index contributed by atoms with van der Waals surface area (Å²) < 4.78 is 7.26. The molecule has 2 aromatic heterocycles. The molecule has 1 aromatic carbocycles. The number of ether oxygens (including phenoxy) is 1. The van der Waals surface area contributed by atoms with E-state index in [2.05, 4.69) is 4.98 Å². The highest BCUT2D eigenvalue weighted by molar-refractivity contribution is 5.73. The highest BCUT2D eigenvalue weighted by Gasteiger charge is 2.12. The molecule has 96 valence electrons. The van der Waals surface area contributed by atoms with Crippen LogP contribution in [0.15, 0.2) is 42.6 Å². The summed E-state index contributed by atoms with van der Waals surface area (Å²) in [6, 6.07) is 11.7. The number of nitrogen functional groups attached to an aromatic ring is 1. The Morgan fingerprint density at radius 3 is 2.79 bits per heavy atom. The summed E-state index contributed by atoms with van der Waals surface area (Å²) >= 11 is 0. The van der Waals surface area contributed by atoms with Gasteiger partial charge >= 0.3 is 0 Å². The van der Waals surface area contributed by atoms with E-state index in [1.165, 1.54) is 0 Å². The molecule has 2 heterocycles. The molecule has 0 unspecified atom stereocenters. The van der Waals surface area contributed by atoms with Gasteiger partial charge in [-0.25, -0.2) is 4.98 Å². The van der Waals surface area contributed by atoms with Crippen LogP contribution >= 0.6 is 0 Å². The van der Waals surface area contributed by atoms with Crippen molar-refractivity contribution < 1.29 is 4.74 Å². The van der Waals surface area contributed by atoms with Crippen molar-refractivity contribution in [2.24, 2.45) is 0 Å². The van der Waals surface area contributed by atoms with Crippen molar-refractivity contribution in [3.63, 3.8) is 0 Å². The smallest absolute Gasteiger partial charge is 0.160 e. The summed E-state index contributed by atoms with van der Waals surface area (Å²) in [5.41, 5.74) is 10.5. The van der Waals surface area contributed by atoms with Crippen molar-refractivity contribution in [2.75, 3.05) is 12.8 Å². The van der Waals surface area contributed by atoms with E-state index in [1.807, 2.05) is 53.9 Å². The van der Waals surface area contributed by atoms with Crippen molar-refractivity contribution in [1.82, 2.24) is 9.38 Å². The number of aryl methyl sites for hydroxylation is 1. The minimum atomic E-state index is 0.680. The van der Waals surface area contributed by atoms with Crippen LogP contribution in [0.3, 0.4) is 0 Å². The molecule has 0 aliphatic rings. The lowest BCUT2D eigenvalue weighted by atomic mass is 10.1. The van der Waals surface area contributed by atoms with Gasteiger partial charge < -0.3 is 14.9 Å². The second-order valence-electron chi connectivity index (χ2n) is 4.43. The summed E-state index contributed by atoms with van der Waals surface area (Å²) in [5.74, 6) is 0.821. The molecular weight excluding hydrogens is 238 g/mol. The highest BCUT2D eigenvalue weighted by atomic mass is 16.5. The number of aromatic nitrogens is 2. The Hall–Kier alpha value is -2.49. The molecule has 0 atom stereocenters. The molecule has 19 heavy (non-hydrogen) atoms. The third-order valence-corrected chi connectivity index (χ3v) is 3.26. The Bertz CT molecular complexity index is 746. The number of benzene rings is 1. The first-order chi connectivity index (χ1) is 9.20. The molecule has 3 rings (SSSR count). The van der Waals surface area contributed by atoms with E-state index in [0.717, 1.165) is 28.3 Å². The first-order valence-corrected chi connectivity index (χ1v) is 6.08. The molecule has 0 spiro atoms. The molecule has 0 saturated heterocycles. The van der Waals surface area contributed by atoms with Gasteiger partial charge in [0.05, 0.1) is 18.5 Å². The van der Waals surface area contributed by atoms with Gasteiger partial charge in [0.25, 0.3) is 0 Å². The zero-order valence-electron chi connectivity index (χ0n) is 10.9. The molecule has 2 N–H and O–H groups in total. The molecule has 4 heteroatoms. The first kappa shape index (κ1) is 11.6. The Morgan fingerprint density at radius 2 is 2.05 bits per heavy atom. The van der Waals surface area contributed by atoms with Gasteiger partial charge in [0, 0.05) is 17.5 Å². The molecule has 0 saturated carbocycles. The van der Waals surface area contributed by atoms with Gasteiger partial charge in [-0.2, -0.15) is 0 Å². The van der Waals surface area contributed by atoms with Crippen LogP contribution in [-0.2, 0) is 0 Å². The number of nitrogens with two attached hydrogens (primary N) is 1. The highest BCUT2D eigenvalue weighted by Crippen LogP contribution is 2.28. The van der Waals surface area contributed by atoms with Gasteiger partial charge in [-0.1, -0.05) is 12.1 Å². The van der Waals surface area contributed by atoms with Gasteiger partial charge in [0.2, 0.25) is 0 Å². The molecule has 0 amide bonds. The maximum absolute atomic E-state index is 5.96. The molecular formula is C15H15N3O. The Kier molecular flexibility index (Phi) is 2.63. The predicted molar refractivity (Wildman–Crippen MR) is 76.3 cm³/mol. The van der Waals surface area contributed by atoms with Crippen LogP contribution in [0.2, 0.25) is 0 Å². The van der Waals surface area contributed by atoms with E-state index in [4.69, 9.17) is 10.5 Å². The minimum Gasteiger partial charge on any atom is -0.497 e. The molecule has 3 aromatic rings. The number of imidazole rings is 1. The first-order valence-electron chi connectivity index (χ1n) is 6.08. The monoisotopic (exact) mass is 253 g/mol. The van der Waals surface area contributed by atoms with Gasteiger partial charge in [0.15, 0.2) is 5.65 Å². The Morgan fingerprint density at radius 1 is 1.21 bits per heavy atom. The normalized spacial score (nSPS) is 10.8. The van der Waals surface area contributed by atoms with Crippen LogP contribution in [-0.4, -0.2) is 16.5 Å². The maximum Gasteiger partial charge on any atom is 0.160 e. The second-order valence-corrected chi connectivity index (χ2v) is 4.43. The van der Waals surface area contributed by atoms with Crippen molar-refractivity contribution in [1.29, 1.82) is 0 Å². The fourth-order valence-electron chi connectivity index (χ4n) is 2.25. The number of fused-ring (bicyclic) bond motifs is 1. The van der Waals surface area contributed by atoms with E-state index in [0.29, 0.717) is 5.69 Å². The van der Waals surface area contributed by atoms with Crippen LogP contribution < -0.4 is 10.5 Å². The van der Waals surface area contributed by atoms with Crippen LogP contribution in [0.5, 0.6) is 5.75 Å². The maximum atomic E-state index is 5.96. The minimum absolute atomic E-state index is 0.680. The lowest BCUT2D eigenvalue weighted by Crippen LogP contribution is -1.92. The van der Waals surface area contributed by atoms with E-state index >= 15 is 0 Å². The van der Waals surface area contributed by atoms with Gasteiger partial charge in [-0.15, -0.1) is 0 Å². The lowest BCUT2D eigenvalue weighted by Gasteiger charge is -2.03. The van der Waals surface area contributed by atoms with E-state index < -0.39 is 0 Å². The standard InChI is InChI=1S/C15H15N3O/c1-10-14(11-5-3-6-12(9-11)19-2)17-15-13(16)7-4-8-18(10)15/h3-9H,16H2,1-2H3. The summed E-state index contributed by atoms with van der Waals surface area (Å²) in [4.78, 5) is 4.64. The van der Waals surface area contributed by atoms with E-state index in [9.17, 15) is 0 Å². The summed E-state index contributed by atoms with van der Waals surface area (Å²) in [6.07, 6.45) is 1.97. The van der Waals surface area contributed by atoms with Crippen LogP contribution in [0.25, 0.3) is 16.9 Å². The largest absolute Gasteiger partial charge is 0.497 e. The van der Waals surface area contributed by atoms with Crippen molar-refractivity contribution in [2.45, 2.75) is 6.92 Å². The van der Waals surface area contributed by atoms with Crippen LogP contribution in [0.1, 0.15) is 5.69 Å². The third kappa shape index (κ3) is 1.81. The number of hydrogen-bond acceptors (Lipinski definition) is 3. The van der Waals surface area contributed by atoms with Crippen molar-refractivity contribution in [3.05, 3.63) is 48.3 Å².